The van der Waals surface area contributed by atoms with Crippen molar-refractivity contribution in [3.63, 3.8) is 0 Å². The molecule has 1 fully saturated rings. The number of hydrogen-bond donors (Lipinski definition) is 0. The number of ketones is 2. The maximum atomic E-state index is 13.0. The number of hydrogen-bond acceptors (Lipinski definition) is 3. The molecule has 0 bridgehead atoms. The molecule has 1 aliphatic heterocycles. The van der Waals surface area contributed by atoms with Crippen LogP contribution >= 0.6 is 0 Å². The van der Waals surface area contributed by atoms with E-state index in [0.717, 1.165) is 50.9 Å². The van der Waals surface area contributed by atoms with E-state index in [4.69, 9.17) is 0 Å². The summed E-state index contributed by atoms with van der Waals surface area (Å²) in [6.45, 7) is 4.84. The molecular weight excluding hydrogens is 346 g/mol. The van der Waals surface area contributed by atoms with Crippen molar-refractivity contribution in [2.45, 2.75) is 50.9 Å². The van der Waals surface area contributed by atoms with E-state index in [1.54, 1.807) is 0 Å². The fourth-order valence-corrected chi connectivity index (χ4v) is 4.34. The van der Waals surface area contributed by atoms with Gasteiger partial charge in [0.1, 0.15) is 5.78 Å². The largest absolute Gasteiger partial charge is 0.303 e. The number of carbonyl (C=O) groups is 2. The SMILES string of the molecule is CCCC(=O)C1(c2ccccc2)CCN(CCCC(=O)c2ccccc2)CC1. The van der Waals surface area contributed by atoms with Crippen molar-refractivity contribution in [1.82, 2.24) is 4.90 Å². The van der Waals surface area contributed by atoms with Crippen molar-refractivity contribution < 1.29 is 9.59 Å². The third-order valence-electron chi connectivity index (χ3n) is 6.02. The quantitative estimate of drug-likeness (QED) is 0.574. The number of piperidine rings is 1. The van der Waals surface area contributed by atoms with E-state index in [0.29, 0.717) is 18.6 Å². The first-order valence-electron chi connectivity index (χ1n) is 10.5. The molecule has 0 aliphatic carbocycles. The maximum absolute atomic E-state index is 13.0. The van der Waals surface area contributed by atoms with E-state index in [9.17, 15) is 9.59 Å². The first-order chi connectivity index (χ1) is 13.7. The first kappa shape index (κ1) is 20.5. The monoisotopic (exact) mass is 377 g/mol. The van der Waals surface area contributed by atoms with Gasteiger partial charge in [0.15, 0.2) is 5.78 Å². The molecule has 0 aromatic heterocycles. The van der Waals surface area contributed by atoms with E-state index in [-0.39, 0.29) is 11.2 Å². The van der Waals surface area contributed by atoms with Crippen LogP contribution in [0.15, 0.2) is 60.7 Å². The Labute approximate surface area is 168 Å². The second kappa shape index (κ2) is 9.79. The Hall–Kier alpha value is -2.26. The van der Waals surface area contributed by atoms with Gasteiger partial charge < -0.3 is 4.90 Å². The predicted octanol–water partition coefficient (Wildman–Crippen LogP) is 5.05. The van der Waals surface area contributed by atoms with Gasteiger partial charge in [-0.25, -0.2) is 0 Å². The van der Waals surface area contributed by atoms with Crippen LogP contribution in [-0.4, -0.2) is 36.1 Å². The summed E-state index contributed by atoms with van der Waals surface area (Å²) in [4.78, 5) is 27.7. The van der Waals surface area contributed by atoms with E-state index in [2.05, 4.69) is 24.0 Å². The average molecular weight is 378 g/mol. The van der Waals surface area contributed by atoms with Crippen LogP contribution in [0.1, 0.15) is 61.4 Å². The molecule has 2 aromatic carbocycles. The molecule has 0 saturated carbocycles. The highest BCUT2D eigenvalue weighted by Crippen LogP contribution is 2.37. The molecule has 3 rings (SSSR count). The van der Waals surface area contributed by atoms with Gasteiger partial charge >= 0.3 is 0 Å². The average Bonchev–Trinajstić information content (AvgIpc) is 2.75. The summed E-state index contributed by atoms with van der Waals surface area (Å²) in [6, 6.07) is 19.8. The van der Waals surface area contributed by atoms with E-state index in [1.165, 1.54) is 5.56 Å². The number of Topliss-reactive ketones (excluding diaryl/α,β-unsaturated/α-hetero) is 2. The summed E-state index contributed by atoms with van der Waals surface area (Å²) in [5.74, 6) is 0.606. The first-order valence-corrected chi connectivity index (χ1v) is 10.5. The van der Waals surface area contributed by atoms with Crippen LogP contribution in [0.5, 0.6) is 0 Å². The molecular formula is C25H31NO2. The smallest absolute Gasteiger partial charge is 0.162 e. The second-order valence-corrected chi connectivity index (χ2v) is 7.86. The van der Waals surface area contributed by atoms with E-state index < -0.39 is 0 Å². The molecule has 0 unspecified atom stereocenters. The summed E-state index contributed by atoms with van der Waals surface area (Å²) in [7, 11) is 0. The highest BCUT2D eigenvalue weighted by atomic mass is 16.1. The standard InChI is InChI=1S/C25H31NO2/c1-2-10-24(28)25(22-13-7-4-8-14-22)16-19-26(20-17-25)18-9-15-23(27)21-11-5-3-6-12-21/h3-8,11-14H,2,9-10,15-20H2,1H3. The maximum Gasteiger partial charge on any atom is 0.162 e. The molecule has 0 atom stereocenters. The van der Waals surface area contributed by atoms with Crippen LogP contribution in [0.4, 0.5) is 0 Å². The highest BCUT2D eigenvalue weighted by molar-refractivity contribution is 5.96. The molecule has 2 aromatic rings. The third-order valence-corrected chi connectivity index (χ3v) is 6.02. The van der Waals surface area contributed by atoms with Crippen LogP contribution in [0.2, 0.25) is 0 Å². The van der Waals surface area contributed by atoms with Gasteiger partial charge in [-0.05, 0) is 50.9 Å². The van der Waals surface area contributed by atoms with Crippen molar-refractivity contribution in [3.05, 3.63) is 71.8 Å². The van der Waals surface area contributed by atoms with Gasteiger partial charge in [0.05, 0.1) is 5.41 Å². The summed E-state index contributed by atoms with van der Waals surface area (Å²) < 4.78 is 0. The zero-order valence-corrected chi connectivity index (χ0v) is 16.9. The summed E-state index contributed by atoms with van der Waals surface area (Å²) in [5, 5.41) is 0. The fraction of sp³-hybridized carbons (Fsp3) is 0.440. The molecule has 0 spiro atoms. The minimum atomic E-state index is -0.326. The number of benzene rings is 2. The van der Waals surface area contributed by atoms with Gasteiger partial charge in [-0.1, -0.05) is 67.6 Å². The Morgan fingerprint density at radius 2 is 1.50 bits per heavy atom. The molecule has 1 saturated heterocycles. The van der Waals surface area contributed by atoms with Crippen molar-refractivity contribution in [2.75, 3.05) is 19.6 Å². The number of carbonyl (C=O) groups excluding carboxylic acids is 2. The molecule has 148 valence electrons. The molecule has 1 heterocycles. The van der Waals surface area contributed by atoms with Crippen LogP contribution in [-0.2, 0) is 10.2 Å². The van der Waals surface area contributed by atoms with Crippen molar-refractivity contribution >= 4 is 11.6 Å². The van der Waals surface area contributed by atoms with Crippen LogP contribution in [0, 0.1) is 0 Å². The Kier molecular flexibility index (Phi) is 7.16. The lowest BCUT2D eigenvalue weighted by molar-refractivity contribution is -0.126. The zero-order chi connectivity index (χ0) is 19.8. The fourth-order valence-electron chi connectivity index (χ4n) is 4.34. The highest BCUT2D eigenvalue weighted by Gasteiger charge is 2.41. The lowest BCUT2D eigenvalue weighted by Crippen LogP contribution is -2.47. The molecule has 0 amide bonds. The molecule has 3 nitrogen and oxygen atoms in total. The van der Waals surface area contributed by atoms with Crippen molar-refractivity contribution in [1.29, 1.82) is 0 Å². The normalized spacial score (nSPS) is 16.6. The van der Waals surface area contributed by atoms with Gasteiger partial charge in [-0.3, -0.25) is 9.59 Å². The zero-order valence-electron chi connectivity index (χ0n) is 16.9. The second-order valence-electron chi connectivity index (χ2n) is 7.86. The van der Waals surface area contributed by atoms with Crippen LogP contribution < -0.4 is 0 Å². The number of nitrogens with zero attached hydrogens (tertiary/aromatic N) is 1. The Morgan fingerprint density at radius 1 is 0.893 bits per heavy atom. The van der Waals surface area contributed by atoms with Gasteiger partial charge in [0.2, 0.25) is 0 Å². The predicted molar refractivity (Wildman–Crippen MR) is 114 cm³/mol. The van der Waals surface area contributed by atoms with Crippen LogP contribution in [0.25, 0.3) is 0 Å². The minimum absolute atomic E-state index is 0.217. The summed E-state index contributed by atoms with van der Waals surface area (Å²) in [5.41, 5.74) is 1.65. The van der Waals surface area contributed by atoms with Gasteiger partial charge in [-0.2, -0.15) is 0 Å². The molecule has 28 heavy (non-hydrogen) atoms. The molecule has 0 N–H and O–H groups in total. The number of rotatable bonds is 9. The third kappa shape index (κ3) is 4.77. The lowest BCUT2D eigenvalue weighted by Gasteiger charge is -2.41. The van der Waals surface area contributed by atoms with E-state index >= 15 is 0 Å². The van der Waals surface area contributed by atoms with Gasteiger partial charge in [-0.15, -0.1) is 0 Å². The molecule has 0 radical (unpaired) electrons. The van der Waals surface area contributed by atoms with Crippen molar-refractivity contribution in [3.8, 4) is 0 Å². The lowest BCUT2D eigenvalue weighted by atomic mass is 9.68. The topological polar surface area (TPSA) is 37.4 Å². The molecule has 1 aliphatic rings. The number of likely N-dealkylation sites (tertiary alicyclic amines) is 1. The minimum Gasteiger partial charge on any atom is -0.303 e. The Morgan fingerprint density at radius 3 is 2.11 bits per heavy atom. The summed E-state index contributed by atoms with van der Waals surface area (Å²) >= 11 is 0. The van der Waals surface area contributed by atoms with Gasteiger partial charge in [0, 0.05) is 18.4 Å². The Balaban J connectivity index is 1.55. The van der Waals surface area contributed by atoms with Crippen molar-refractivity contribution in [2.24, 2.45) is 0 Å². The molecule has 3 heteroatoms. The Bertz CT molecular complexity index is 762. The van der Waals surface area contributed by atoms with Crippen LogP contribution in [0.3, 0.4) is 0 Å². The summed E-state index contributed by atoms with van der Waals surface area (Å²) in [6.07, 6.45) is 4.76. The van der Waals surface area contributed by atoms with Gasteiger partial charge in [0.25, 0.3) is 0 Å². The van der Waals surface area contributed by atoms with E-state index in [1.807, 2.05) is 48.5 Å².